The van der Waals surface area contributed by atoms with Crippen LogP contribution in [0.2, 0.25) is 5.02 Å². The second-order valence-electron chi connectivity index (χ2n) is 2.64. The first-order valence-electron chi connectivity index (χ1n) is 3.77. The normalized spacial score (nSPS) is 10.4. The van der Waals surface area contributed by atoms with Crippen molar-refractivity contribution in [2.24, 2.45) is 0 Å². The summed E-state index contributed by atoms with van der Waals surface area (Å²) in [5, 5.41) is 6.27. The summed E-state index contributed by atoms with van der Waals surface area (Å²) in [7, 11) is 0. The smallest absolute Gasteiger partial charge is 0.213 e. The molecule has 0 aliphatic carbocycles. The maximum absolute atomic E-state index is 5.87. The van der Waals surface area contributed by atoms with Gasteiger partial charge in [-0.1, -0.05) is 11.6 Å². The van der Waals surface area contributed by atoms with Crippen LogP contribution in [0.25, 0.3) is 11.4 Å². The van der Waals surface area contributed by atoms with Crippen LogP contribution in [0.1, 0.15) is 0 Å². The number of nitrogens with zero attached hydrogens (tertiary/aromatic N) is 1. The van der Waals surface area contributed by atoms with Crippen molar-refractivity contribution in [2.45, 2.75) is 0 Å². The van der Waals surface area contributed by atoms with Crippen LogP contribution < -0.4 is 0 Å². The van der Waals surface area contributed by atoms with Crippen molar-refractivity contribution >= 4 is 39.7 Å². The van der Waals surface area contributed by atoms with Gasteiger partial charge < -0.3 is 0 Å². The molecule has 1 aromatic carbocycles. The average molecular weight is 291 g/mol. The molecule has 0 fully saturated rings. The number of hydrogen-bond donors (Lipinski definition) is 2. The van der Waals surface area contributed by atoms with Gasteiger partial charge in [-0.3, -0.25) is 10.2 Å². The van der Waals surface area contributed by atoms with Crippen molar-refractivity contribution in [3.05, 3.63) is 32.5 Å². The molecule has 0 saturated heterocycles. The summed E-state index contributed by atoms with van der Waals surface area (Å²) in [6, 6.07) is 5.55. The van der Waals surface area contributed by atoms with E-state index in [2.05, 4.69) is 31.1 Å². The zero-order chi connectivity index (χ0) is 10.1. The van der Waals surface area contributed by atoms with Crippen LogP contribution in [0.15, 0.2) is 22.7 Å². The monoisotopic (exact) mass is 289 g/mol. The van der Waals surface area contributed by atoms with Gasteiger partial charge in [0.2, 0.25) is 4.77 Å². The van der Waals surface area contributed by atoms with E-state index in [1.54, 1.807) is 6.07 Å². The van der Waals surface area contributed by atoms with Gasteiger partial charge in [-0.25, -0.2) is 0 Å². The summed E-state index contributed by atoms with van der Waals surface area (Å²) in [5.41, 5.74) is 0.925. The number of aromatic nitrogens is 3. The van der Waals surface area contributed by atoms with E-state index in [1.165, 1.54) is 0 Å². The molecule has 0 amide bonds. The Hall–Kier alpha value is -0.650. The van der Waals surface area contributed by atoms with Crippen LogP contribution in [-0.4, -0.2) is 15.2 Å². The van der Waals surface area contributed by atoms with E-state index < -0.39 is 0 Å². The molecule has 0 bridgehead atoms. The summed E-state index contributed by atoms with van der Waals surface area (Å²) in [6.07, 6.45) is 0. The number of aromatic amines is 2. The predicted molar refractivity (Wildman–Crippen MR) is 61.9 cm³/mol. The lowest BCUT2D eigenvalue weighted by Gasteiger charge is -1.98. The maximum atomic E-state index is 5.87. The number of benzene rings is 1. The third-order valence-electron chi connectivity index (χ3n) is 1.69. The van der Waals surface area contributed by atoms with Crippen LogP contribution >= 0.6 is 39.7 Å². The first-order valence-corrected chi connectivity index (χ1v) is 5.35. The molecule has 2 aromatic rings. The fourth-order valence-corrected chi connectivity index (χ4v) is 1.69. The Morgan fingerprint density at radius 2 is 2.14 bits per heavy atom. The third kappa shape index (κ3) is 1.89. The molecule has 72 valence electrons. The third-order valence-corrected chi connectivity index (χ3v) is 3.10. The summed E-state index contributed by atoms with van der Waals surface area (Å²) in [6.45, 7) is 0. The summed E-state index contributed by atoms with van der Waals surface area (Å²) in [5.74, 6) is 0.701. The van der Waals surface area contributed by atoms with Gasteiger partial charge in [-0.05, 0) is 46.3 Å². The maximum Gasteiger partial charge on any atom is 0.213 e. The molecule has 14 heavy (non-hydrogen) atoms. The summed E-state index contributed by atoms with van der Waals surface area (Å²) >= 11 is 14.1. The van der Waals surface area contributed by atoms with Gasteiger partial charge in [0.25, 0.3) is 0 Å². The lowest BCUT2D eigenvalue weighted by Crippen LogP contribution is -1.81. The molecule has 0 spiro atoms. The van der Waals surface area contributed by atoms with E-state index in [0.717, 1.165) is 10.0 Å². The van der Waals surface area contributed by atoms with Gasteiger partial charge in [-0.2, -0.15) is 4.98 Å². The summed E-state index contributed by atoms with van der Waals surface area (Å²) in [4.78, 5) is 4.09. The zero-order valence-electron chi connectivity index (χ0n) is 6.84. The molecule has 3 nitrogen and oxygen atoms in total. The minimum absolute atomic E-state index is 0.436. The molecule has 1 heterocycles. The van der Waals surface area contributed by atoms with Crippen LogP contribution in [0.4, 0.5) is 0 Å². The first-order chi connectivity index (χ1) is 6.66. The molecule has 2 rings (SSSR count). The van der Waals surface area contributed by atoms with Gasteiger partial charge in [0.1, 0.15) is 0 Å². The van der Waals surface area contributed by atoms with Crippen molar-refractivity contribution in [2.75, 3.05) is 0 Å². The number of H-pyrrole nitrogens is 2. The molecule has 0 radical (unpaired) electrons. The Labute approximate surface area is 98.6 Å². The molecule has 6 heteroatoms. The molecule has 0 aliphatic rings. The highest BCUT2D eigenvalue weighted by atomic mass is 79.9. The van der Waals surface area contributed by atoms with Crippen molar-refractivity contribution in [3.8, 4) is 11.4 Å². The van der Waals surface area contributed by atoms with Crippen LogP contribution in [-0.2, 0) is 0 Å². The van der Waals surface area contributed by atoms with Crippen molar-refractivity contribution < 1.29 is 0 Å². The number of hydrogen-bond acceptors (Lipinski definition) is 2. The van der Waals surface area contributed by atoms with Gasteiger partial charge in [0.15, 0.2) is 5.82 Å². The van der Waals surface area contributed by atoms with E-state index in [9.17, 15) is 0 Å². The highest BCUT2D eigenvalue weighted by molar-refractivity contribution is 9.10. The lowest BCUT2D eigenvalue weighted by molar-refractivity contribution is 1.08. The Morgan fingerprint density at radius 3 is 2.71 bits per heavy atom. The fourth-order valence-electron chi connectivity index (χ4n) is 1.05. The largest absolute Gasteiger partial charge is 0.282 e. The zero-order valence-corrected chi connectivity index (χ0v) is 10.0. The van der Waals surface area contributed by atoms with E-state index in [1.807, 2.05) is 12.1 Å². The second-order valence-corrected chi connectivity index (χ2v) is 4.29. The van der Waals surface area contributed by atoms with E-state index in [-0.39, 0.29) is 0 Å². The predicted octanol–water partition coefficient (Wildman–Crippen LogP) is 3.55. The summed E-state index contributed by atoms with van der Waals surface area (Å²) < 4.78 is 1.27. The van der Waals surface area contributed by atoms with Crippen LogP contribution in [0.3, 0.4) is 0 Å². The molecular weight excluding hydrogens is 286 g/mol. The van der Waals surface area contributed by atoms with Crippen molar-refractivity contribution in [1.29, 1.82) is 0 Å². The Balaban J connectivity index is 2.52. The molecule has 1 aromatic heterocycles. The lowest BCUT2D eigenvalue weighted by atomic mass is 10.2. The fraction of sp³-hybridized carbons (Fsp3) is 0. The van der Waals surface area contributed by atoms with Gasteiger partial charge in [0.05, 0.1) is 5.02 Å². The van der Waals surface area contributed by atoms with E-state index >= 15 is 0 Å². The molecule has 0 saturated carbocycles. The second kappa shape index (κ2) is 3.84. The van der Waals surface area contributed by atoms with Gasteiger partial charge in [-0.15, -0.1) is 0 Å². The Kier molecular flexibility index (Phi) is 2.71. The van der Waals surface area contributed by atoms with Crippen LogP contribution in [0, 0.1) is 4.77 Å². The highest BCUT2D eigenvalue weighted by Gasteiger charge is 2.03. The number of nitrogens with one attached hydrogen (secondary N) is 2. The standard InChI is InChI=1S/C8H5BrClN3S/c9-5-3-4(1-2-6(5)10)7-11-8(14)13-12-7/h1-3H,(H2,11,12,13,14). The molecule has 0 atom stereocenters. The van der Waals surface area contributed by atoms with Crippen molar-refractivity contribution in [1.82, 2.24) is 15.2 Å². The Bertz CT molecular complexity index is 519. The minimum Gasteiger partial charge on any atom is -0.282 e. The van der Waals surface area contributed by atoms with E-state index in [0.29, 0.717) is 15.6 Å². The Morgan fingerprint density at radius 1 is 1.36 bits per heavy atom. The molecule has 0 unspecified atom stereocenters. The highest BCUT2D eigenvalue weighted by Crippen LogP contribution is 2.26. The molecule has 2 N–H and O–H groups in total. The minimum atomic E-state index is 0.436. The topological polar surface area (TPSA) is 44.5 Å². The van der Waals surface area contributed by atoms with Gasteiger partial charge >= 0.3 is 0 Å². The first kappa shape index (κ1) is 9.89. The van der Waals surface area contributed by atoms with Crippen LogP contribution in [0.5, 0.6) is 0 Å². The van der Waals surface area contributed by atoms with E-state index in [4.69, 9.17) is 23.8 Å². The van der Waals surface area contributed by atoms with Gasteiger partial charge in [0, 0.05) is 10.0 Å². The molecular formula is C8H5BrClN3S. The quantitative estimate of drug-likeness (QED) is 0.789. The average Bonchev–Trinajstić information content (AvgIpc) is 2.57. The number of halogens is 2. The molecule has 0 aliphatic heterocycles. The number of rotatable bonds is 1. The SMILES string of the molecule is S=c1nc(-c2ccc(Cl)c(Br)c2)[nH][nH]1. The van der Waals surface area contributed by atoms with Crippen molar-refractivity contribution in [3.63, 3.8) is 0 Å².